The van der Waals surface area contributed by atoms with Gasteiger partial charge in [-0.1, -0.05) is 68.4 Å². The molecule has 0 saturated carbocycles. The Bertz CT molecular complexity index is 3140. The van der Waals surface area contributed by atoms with E-state index in [0.29, 0.717) is 28.5 Å². The number of benzene rings is 3. The lowest BCUT2D eigenvalue weighted by atomic mass is 9.80. The maximum Gasteiger partial charge on any atom is 0.327 e. The van der Waals surface area contributed by atoms with E-state index in [4.69, 9.17) is 58.6 Å². The quantitative estimate of drug-likeness (QED) is 0.0358. The van der Waals surface area contributed by atoms with Crippen LogP contribution in [0.5, 0.6) is 11.5 Å². The Morgan fingerprint density at radius 3 is 2.25 bits per heavy atom. The number of methoxy groups -OCH3 is 3. The van der Waals surface area contributed by atoms with Crippen molar-refractivity contribution in [2.24, 2.45) is 5.92 Å². The Kier molecular flexibility index (Phi) is 17.2. The van der Waals surface area contributed by atoms with E-state index >= 15 is 0 Å². The van der Waals surface area contributed by atoms with Gasteiger partial charge in [-0.25, -0.2) is 19.9 Å². The maximum absolute atomic E-state index is 13.1. The standard InChI is InChI=1S/C47H52N10O13P2S/c1-29(2)43(58)54-46-53-42-38(44(59)55-46)51-28-57(42)45-40(70-71(60)61)39(64-5)36(69-45)25-68-72(73,66-22-9-20-48)67-23-21-56-37(52-35-24-49-27-50-41(35)56)26-65-47(30-10-7-6-8-11-30,31-12-16-33(62-3)17-13-31)32-14-18-34(63-4)19-15-32/h6-8,10-19,24,27-29,36,39-40,45,71H,9,21-23,25-26H2,1-5H3,(H,60,61)(H2,53,54,55,58,59)/t36-,39-,40-,45-,72?/m1/s1. The SMILES string of the molecule is COc1ccc(C(OCc2nc3cncnc3n2CCOP(=S)(OCCC#N)OC[C@H]2O[C@@H](n3cnc4c(=O)[nH]c(NC(=O)C(C)C)nc43)[C@H](O[PH](=O)O)[C@@H]2OC)(c2ccccc2)c2ccc(OC)cc2)cc1. The van der Waals surface area contributed by atoms with Gasteiger partial charge in [0.25, 0.3) is 5.56 Å². The number of aromatic nitrogens is 8. The molecule has 3 aromatic carbocycles. The molecule has 1 amide bonds. The molecule has 1 saturated heterocycles. The summed E-state index contributed by atoms with van der Waals surface area (Å²) in [5.41, 5.74) is 1.45. The van der Waals surface area contributed by atoms with Gasteiger partial charge in [0.1, 0.15) is 59.7 Å². The summed E-state index contributed by atoms with van der Waals surface area (Å²) in [7, 11) is 0.927. The van der Waals surface area contributed by atoms with E-state index in [2.05, 4.69) is 30.2 Å². The van der Waals surface area contributed by atoms with Crippen molar-refractivity contribution in [2.45, 2.75) is 63.6 Å². The number of ether oxygens (including phenoxy) is 5. The first-order chi connectivity index (χ1) is 35.3. The first-order valence-corrected chi connectivity index (χ1v) is 26.5. The number of hydrogen-bond acceptors (Lipinski definition) is 19. The summed E-state index contributed by atoms with van der Waals surface area (Å²) < 4.78 is 69.8. The van der Waals surface area contributed by atoms with Crippen molar-refractivity contribution in [3.05, 3.63) is 131 Å². The number of H-pyrrole nitrogens is 1. The fourth-order valence-electron chi connectivity index (χ4n) is 8.27. The second-order valence-electron chi connectivity index (χ2n) is 16.5. The number of nitrogens with zero attached hydrogens (tertiary/aromatic N) is 8. The highest BCUT2D eigenvalue weighted by molar-refractivity contribution is 8.07. The average Bonchev–Trinajstić information content (AvgIpc) is 4.09. The molecule has 23 nitrogen and oxygen atoms in total. The Labute approximate surface area is 423 Å². The summed E-state index contributed by atoms with van der Waals surface area (Å²) >= 11 is 5.93. The molecule has 0 aliphatic carbocycles. The molecule has 4 aromatic heterocycles. The maximum atomic E-state index is 13.1. The van der Waals surface area contributed by atoms with Crippen LogP contribution in [0.2, 0.25) is 0 Å². The molecule has 0 bridgehead atoms. The Morgan fingerprint density at radius 1 is 0.945 bits per heavy atom. The molecule has 26 heteroatoms. The van der Waals surface area contributed by atoms with Crippen molar-refractivity contribution in [1.82, 2.24) is 39.0 Å². The van der Waals surface area contributed by atoms with Gasteiger partial charge in [-0.3, -0.25) is 33.5 Å². The highest BCUT2D eigenvalue weighted by Crippen LogP contribution is 2.51. The first-order valence-electron chi connectivity index (χ1n) is 22.7. The fourth-order valence-corrected chi connectivity index (χ4v) is 10.6. The second kappa shape index (κ2) is 23.7. The van der Waals surface area contributed by atoms with E-state index in [1.165, 1.54) is 24.3 Å². The van der Waals surface area contributed by atoms with E-state index in [-0.39, 0.29) is 56.5 Å². The second-order valence-corrected chi connectivity index (χ2v) is 20.3. The number of anilines is 1. The van der Waals surface area contributed by atoms with Gasteiger partial charge in [-0.2, -0.15) is 10.2 Å². The summed E-state index contributed by atoms with van der Waals surface area (Å²) in [6.45, 7) is -0.936. The molecule has 8 rings (SSSR count). The number of carbonyl (C=O) groups excluding carboxylic acids is 1. The first kappa shape index (κ1) is 53.0. The molecule has 1 aliphatic heterocycles. The molecule has 3 N–H and O–H groups in total. The van der Waals surface area contributed by atoms with Crippen LogP contribution in [0.15, 0.2) is 103 Å². The smallest absolute Gasteiger partial charge is 0.327 e. The van der Waals surface area contributed by atoms with Crippen molar-refractivity contribution in [3.63, 3.8) is 0 Å². The fraction of sp³-hybridized carbons (Fsp3) is 0.362. The van der Waals surface area contributed by atoms with Crippen LogP contribution in [0.25, 0.3) is 22.3 Å². The average molecular weight is 1060 g/mol. The molecule has 0 radical (unpaired) electrons. The van der Waals surface area contributed by atoms with E-state index in [1.807, 2.05) is 89.5 Å². The predicted octanol–water partition coefficient (Wildman–Crippen LogP) is 5.95. The largest absolute Gasteiger partial charge is 0.497 e. The predicted molar refractivity (Wildman–Crippen MR) is 267 cm³/mol. The summed E-state index contributed by atoms with van der Waals surface area (Å²) in [6, 6.07) is 27.1. The zero-order valence-corrected chi connectivity index (χ0v) is 42.9. The van der Waals surface area contributed by atoms with E-state index in [1.54, 1.807) is 34.3 Å². The van der Waals surface area contributed by atoms with Gasteiger partial charge < -0.3 is 46.7 Å². The van der Waals surface area contributed by atoms with Crippen molar-refractivity contribution in [3.8, 4) is 17.6 Å². The monoisotopic (exact) mass is 1060 g/mol. The van der Waals surface area contributed by atoms with Crippen LogP contribution < -0.4 is 20.3 Å². The highest BCUT2D eigenvalue weighted by Gasteiger charge is 2.49. The van der Waals surface area contributed by atoms with E-state index in [9.17, 15) is 24.3 Å². The number of fused-ring (bicyclic) bond motifs is 2. The third-order valence-corrected chi connectivity index (χ3v) is 14.7. The van der Waals surface area contributed by atoms with E-state index in [0.717, 1.165) is 16.7 Å². The minimum Gasteiger partial charge on any atom is -0.497 e. The summed E-state index contributed by atoms with van der Waals surface area (Å²) in [6.07, 6.45) is -0.486. The Morgan fingerprint density at radius 2 is 1.62 bits per heavy atom. The zero-order chi connectivity index (χ0) is 51.7. The van der Waals surface area contributed by atoms with Gasteiger partial charge in [0.05, 0.1) is 59.1 Å². The summed E-state index contributed by atoms with van der Waals surface area (Å²) in [5, 5.41) is 12.0. The topological polar surface area (TPSA) is 280 Å². The third-order valence-electron chi connectivity index (χ3n) is 11.8. The number of imidazole rings is 2. The number of rotatable bonds is 24. The number of amides is 1. The van der Waals surface area contributed by atoms with Crippen LogP contribution in [-0.2, 0) is 72.2 Å². The van der Waals surface area contributed by atoms with Gasteiger partial charge in [-0.05, 0) is 52.8 Å². The third kappa shape index (κ3) is 11.7. The molecule has 0 spiro atoms. The molecule has 1 aliphatic rings. The molecular weight excluding hydrogens is 1010 g/mol. The number of nitriles is 1. The van der Waals surface area contributed by atoms with Gasteiger partial charge in [0, 0.05) is 19.6 Å². The van der Waals surface area contributed by atoms with E-state index < -0.39 is 62.5 Å². The van der Waals surface area contributed by atoms with Crippen LogP contribution in [-0.4, -0.2) is 109 Å². The number of nitrogens with one attached hydrogen (secondary N) is 2. The van der Waals surface area contributed by atoms with Crippen LogP contribution >= 0.6 is 15.0 Å². The minimum atomic E-state index is -3.74. The molecule has 6 atom stereocenters. The summed E-state index contributed by atoms with van der Waals surface area (Å²) in [5.74, 6) is 0.821. The molecule has 384 valence electrons. The molecule has 5 heterocycles. The summed E-state index contributed by atoms with van der Waals surface area (Å²) in [4.78, 5) is 60.3. The number of hydrogen-bond donors (Lipinski definition) is 3. The minimum absolute atomic E-state index is 0.0296. The lowest BCUT2D eigenvalue weighted by Gasteiger charge is -2.36. The lowest BCUT2D eigenvalue weighted by molar-refractivity contribution is -0.118. The number of carbonyl (C=O) groups is 1. The van der Waals surface area contributed by atoms with Crippen molar-refractivity contribution >= 4 is 61.0 Å². The van der Waals surface area contributed by atoms with Crippen LogP contribution in [0, 0.1) is 17.2 Å². The normalized spacial score (nSPS) is 18.2. The Balaban J connectivity index is 1.06. The van der Waals surface area contributed by atoms with Crippen LogP contribution in [0.4, 0.5) is 5.95 Å². The Hall–Kier alpha value is -6.32. The van der Waals surface area contributed by atoms with Crippen molar-refractivity contribution in [2.75, 3.05) is 46.5 Å². The van der Waals surface area contributed by atoms with Crippen LogP contribution in [0.1, 0.15) is 49.0 Å². The number of aromatic amines is 1. The molecule has 7 aromatic rings. The molecule has 73 heavy (non-hydrogen) atoms. The van der Waals surface area contributed by atoms with Crippen LogP contribution in [0.3, 0.4) is 0 Å². The molecule has 2 unspecified atom stereocenters. The molecular formula is C47H52N10O13P2S. The van der Waals surface area contributed by atoms with Crippen molar-refractivity contribution < 1.29 is 56.0 Å². The van der Waals surface area contributed by atoms with Gasteiger partial charge >= 0.3 is 15.0 Å². The van der Waals surface area contributed by atoms with Gasteiger partial charge in [0.2, 0.25) is 11.9 Å². The molecule has 1 fully saturated rings. The zero-order valence-electron chi connectivity index (χ0n) is 40.1. The highest BCUT2D eigenvalue weighted by atomic mass is 32.5. The van der Waals surface area contributed by atoms with Crippen molar-refractivity contribution in [1.29, 1.82) is 5.26 Å². The lowest BCUT2D eigenvalue weighted by Crippen LogP contribution is -2.36. The van der Waals surface area contributed by atoms with Gasteiger partial charge in [-0.15, -0.1) is 0 Å². The van der Waals surface area contributed by atoms with Gasteiger partial charge in [0.15, 0.2) is 23.0 Å².